The van der Waals surface area contributed by atoms with Gasteiger partial charge in [-0.2, -0.15) is 0 Å². The Morgan fingerprint density at radius 1 is 1.06 bits per heavy atom. The number of para-hydroxylation sites is 1. The molecule has 9 heteroatoms. The van der Waals surface area contributed by atoms with Crippen molar-refractivity contribution in [1.82, 2.24) is 10.2 Å². The third-order valence-corrected chi connectivity index (χ3v) is 6.66. The van der Waals surface area contributed by atoms with E-state index in [1.165, 1.54) is 23.1 Å². The van der Waals surface area contributed by atoms with E-state index in [0.717, 1.165) is 10.6 Å². The molecule has 0 saturated carbocycles. The lowest BCUT2D eigenvalue weighted by Crippen LogP contribution is -2.52. The van der Waals surface area contributed by atoms with Gasteiger partial charge in [0.05, 0.1) is 11.9 Å². The lowest BCUT2D eigenvalue weighted by molar-refractivity contribution is -0.139. The highest BCUT2D eigenvalue weighted by molar-refractivity contribution is 7.92. The molecule has 0 radical (unpaired) electrons. The summed E-state index contributed by atoms with van der Waals surface area (Å²) in [5, 5.41) is 2.83. The van der Waals surface area contributed by atoms with Gasteiger partial charge in [-0.05, 0) is 44.9 Å². The summed E-state index contributed by atoms with van der Waals surface area (Å²) in [4.78, 5) is 27.4. The van der Waals surface area contributed by atoms with Crippen molar-refractivity contribution in [3.63, 3.8) is 0 Å². The standard InChI is InChI=1S/C24H32FN3O4S/c1-6-18(3)26-24(30)19(4)27(15-20-12-8-9-13-21(20)25)23(29)16-28(33(5,31)32)22-14-10-7-11-17(22)2/h7-14,18-19H,6,15-16H2,1-5H3,(H,26,30)/t18-,19+/m0/s1. The fourth-order valence-corrected chi connectivity index (χ4v) is 4.20. The van der Waals surface area contributed by atoms with Gasteiger partial charge in [-0.15, -0.1) is 0 Å². The molecule has 2 rings (SSSR count). The van der Waals surface area contributed by atoms with Gasteiger partial charge in [0.15, 0.2) is 0 Å². The number of benzene rings is 2. The van der Waals surface area contributed by atoms with E-state index in [1.807, 2.05) is 13.8 Å². The maximum absolute atomic E-state index is 14.4. The molecule has 0 unspecified atom stereocenters. The maximum Gasteiger partial charge on any atom is 0.244 e. The fourth-order valence-electron chi connectivity index (χ4n) is 3.30. The summed E-state index contributed by atoms with van der Waals surface area (Å²) in [6, 6.07) is 11.8. The molecule has 0 fully saturated rings. The molecule has 0 heterocycles. The molecule has 2 aromatic rings. The summed E-state index contributed by atoms with van der Waals surface area (Å²) in [7, 11) is -3.81. The van der Waals surface area contributed by atoms with Gasteiger partial charge in [-0.1, -0.05) is 43.3 Å². The number of sulfonamides is 1. The van der Waals surface area contributed by atoms with Gasteiger partial charge in [-0.25, -0.2) is 12.8 Å². The van der Waals surface area contributed by atoms with Gasteiger partial charge < -0.3 is 10.2 Å². The Hall–Kier alpha value is -2.94. The Labute approximate surface area is 195 Å². The fraction of sp³-hybridized carbons (Fsp3) is 0.417. The van der Waals surface area contributed by atoms with Crippen LogP contribution in [0.5, 0.6) is 0 Å². The number of carbonyl (C=O) groups is 2. The second-order valence-electron chi connectivity index (χ2n) is 8.16. The minimum Gasteiger partial charge on any atom is -0.352 e. The summed E-state index contributed by atoms with van der Waals surface area (Å²) in [6.45, 7) is 6.37. The Kier molecular flexibility index (Phi) is 8.99. The molecule has 0 aromatic heterocycles. The zero-order valence-electron chi connectivity index (χ0n) is 19.7. The molecule has 0 bridgehead atoms. The molecule has 180 valence electrons. The van der Waals surface area contributed by atoms with E-state index >= 15 is 0 Å². The highest BCUT2D eigenvalue weighted by Crippen LogP contribution is 2.23. The minimum atomic E-state index is -3.81. The van der Waals surface area contributed by atoms with Crippen LogP contribution in [-0.4, -0.2) is 50.0 Å². The summed E-state index contributed by atoms with van der Waals surface area (Å²) < 4.78 is 40.5. The van der Waals surface area contributed by atoms with Crippen molar-refractivity contribution < 1.29 is 22.4 Å². The van der Waals surface area contributed by atoms with Crippen LogP contribution in [0, 0.1) is 12.7 Å². The average molecular weight is 478 g/mol. The molecule has 0 aliphatic rings. The second kappa shape index (κ2) is 11.3. The van der Waals surface area contributed by atoms with E-state index in [0.29, 0.717) is 17.7 Å². The van der Waals surface area contributed by atoms with Crippen molar-refractivity contribution in [3.05, 3.63) is 65.5 Å². The predicted octanol–water partition coefficient (Wildman–Crippen LogP) is 3.23. The molecule has 2 aromatic carbocycles. The molecular weight excluding hydrogens is 445 g/mol. The van der Waals surface area contributed by atoms with Crippen LogP contribution in [0.15, 0.2) is 48.5 Å². The zero-order valence-corrected chi connectivity index (χ0v) is 20.5. The molecule has 0 saturated heterocycles. The lowest BCUT2D eigenvalue weighted by atomic mass is 10.1. The third-order valence-electron chi connectivity index (χ3n) is 5.53. The molecule has 0 spiro atoms. The quantitative estimate of drug-likeness (QED) is 0.569. The van der Waals surface area contributed by atoms with Crippen LogP contribution in [0.1, 0.15) is 38.3 Å². The number of nitrogens with zero attached hydrogens (tertiary/aromatic N) is 2. The molecule has 0 aliphatic carbocycles. The van der Waals surface area contributed by atoms with E-state index in [2.05, 4.69) is 5.32 Å². The van der Waals surface area contributed by atoms with Crippen molar-refractivity contribution in [1.29, 1.82) is 0 Å². The van der Waals surface area contributed by atoms with Gasteiger partial charge >= 0.3 is 0 Å². The molecule has 0 aliphatic heterocycles. The highest BCUT2D eigenvalue weighted by Gasteiger charge is 2.31. The Morgan fingerprint density at radius 3 is 2.24 bits per heavy atom. The molecular formula is C24H32FN3O4S. The molecule has 7 nitrogen and oxygen atoms in total. The van der Waals surface area contributed by atoms with Crippen molar-refractivity contribution in [2.75, 3.05) is 17.1 Å². The Bertz CT molecular complexity index is 1090. The number of nitrogens with one attached hydrogen (secondary N) is 1. The SMILES string of the molecule is CC[C@H](C)NC(=O)[C@@H](C)N(Cc1ccccc1F)C(=O)CN(c1ccccc1C)S(C)(=O)=O. The molecule has 2 amide bonds. The normalized spacial score (nSPS) is 13.2. The number of carbonyl (C=O) groups excluding carboxylic acids is 2. The average Bonchev–Trinajstić information content (AvgIpc) is 2.76. The van der Waals surface area contributed by atoms with Crippen molar-refractivity contribution in [3.8, 4) is 0 Å². The van der Waals surface area contributed by atoms with E-state index < -0.39 is 40.2 Å². The van der Waals surface area contributed by atoms with Crippen LogP contribution < -0.4 is 9.62 Å². The smallest absolute Gasteiger partial charge is 0.244 e. The first-order chi connectivity index (χ1) is 15.5. The topological polar surface area (TPSA) is 86.8 Å². The maximum atomic E-state index is 14.4. The van der Waals surface area contributed by atoms with Crippen molar-refractivity contribution in [2.45, 2.75) is 52.7 Å². The van der Waals surface area contributed by atoms with Crippen LogP contribution in [-0.2, 0) is 26.2 Å². The number of aryl methyl sites for hydroxylation is 1. The third kappa shape index (κ3) is 7.02. The van der Waals surface area contributed by atoms with E-state index in [-0.39, 0.29) is 18.2 Å². The number of hydrogen-bond donors (Lipinski definition) is 1. The number of hydrogen-bond acceptors (Lipinski definition) is 4. The number of anilines is 1. The first-order valence-corrected chi connectivity index (χ1v) is 12.7. The van der Waals surface area contributed by atoms with E-state index in [9.17, 15) is 22.4 Å². The number of rotatable bonds is 10. The van der Waals surface area contributed by atoms with Crippen molar-refractivity contribution >= 4 is 27.5 Å². The van der Waals surface area contributed by atoms with Gasteiger partial charge in [0.2, 0.25) is 21.8 Å². The largest absolute Gasteiger partial charge is 0.352 e. The molecule has 2 atom stereocenters. The Balaban J connectivity index is 2.41. The zero-order chi connectivity index (χ0) is 24.8. The lowest BCUT2D eigenvalue weighted by Gasteiger charge is -2.32. The first kappa shape index (κ1) is 26.3. The predicted molar refractivity (Wildman–Crippen MR) is 128 cm³/mol. The first-order valence-electron chi connectivity index (χ1n) is 10.8. The Morgan fingerprint density at radius 2 is 1.67 bits per heavy atom. The number of amides is 2. The van der Waals surface area contributed by atoms with Crippen LogP contribution in [0.3, 0.4) is 0 Å². The number of halogens is 1. The van der Waals surface area contributed by atoms with Crippen LogP contribution in [0.25, 0.3) is 0 Å². The van der Waals surface area contributed by atoms with Crippen LogP contribution in [0.4, 0.5) is 10.1 Å². The molecule has 1 N–H and O–H groups in total. The minimum absolute atomic E-state index is 0.107. The molecule has 33 heavy (non-hydrogen) atoms. The van der Waals surface area contributed by atoms with Crippen LogP contribution >= 0.6 is 0 Å². The summed E-state index contributed by atoms with van der Waals surface area (Å²) in [6.07, 6.45) is 1.72. The second-order valence-corrected chi connectivity index (χ2v) is 10.1. The van der Waals surface area contributed by atoms with Crippen LogP contribution in [0.2, 0.25) is 0 Å². The summed E-state index contributed by atoms with van der Waals surface area (Å²) in [5.41, 5.74) is 1.28. The van der Waals surface area contributed by atoms with Crippen molar-refractivity contribution in [2.24, 2.45) is 0 Å². The van der Waals surface area contributed by atoms with Gasteiger partial charge in [0.25, 0.3) is 0 Å². The van der Waals surface area contributed by atoms with E-state index in [4.69, 9.17) is 0 Å². The van der Waals surface area contributed by atoms with Gasteiger partial charge in [0.1, 0.15) is 18.4 Å². The van der Waals surface area contributed by atoms with E-state index in [1.54, 1.807) is 44.2 Å². The van der Waals surface area contributed by atoms with Gasteiger partial charge in [0, 0.05) is 18.2 Å². The summed E-state index contributed by atoms with van der Waals surface area (Å²) >= 11 is 0. The highest BCUT2D eigenvalue weighted by atomic mass is 32.2. The van der Waals surface area contributed by atoms with Gasteiger partial charge in [-0.3, -0.25) is 13.9 Å². The summed E-state index contributed by atoms with van der Waals surface area (Å²) in [5.74, 6) is -1.52. The monoisotopic (exact) mass is 477 g/mol.